The number of carbonyl (C=O) groups excluding carboxylic acids is 1. The Kier molecular flexibility index (Phi) is 4.65. The van der Waals surface area contributed by atoms with Crippen molar-refractivity contribution in [2.24, 2.45) is 0 Å². The first-order chi connectivity index (χ1) is 9.92. The number of hydrogen-bond acceptors (Lipinski definition) is 5. The van der Waals surface area contributed by atoms with Crippen LogP contribution in [0.5, 0.6) is 0 Å². The van der Waals surface area contributed by atoms with Crippen molar-refractivity contribution in [3.63, 3.8) is 0 Å². The summed E-state index contributed by atoms with van der Waals surface area (Å²) in [5, 5.41) is 0.947. The van der Waals surface area contributed by atoms with Gasteiger partial charge in [0.15, 0.2) is 0 Å². The van der Waals surface area contributed by atoms with Gasteiger partial charge in [0.2, 0.25) is 0 Å². The maximum absolute atomic E-state index is 11.6. The monoisotopic (exact) mass is 325 g/mol. The summed E-state index contributed by atoms with van der Waals surface area (Å²) in [5.41, 5.74) is 7.37. The van der Waals surface area contributed by atoms with Gasteiger partial charge in [-0.15, -0.1) is 0 Å². The largest absolute Gasteiger partial charge is 0.465 e. The molecule has 0 aliphatic rings. The fourth-order valence-electron chi connectivity index (χ4n) is 1.92. The summed E-state index contributed by atoms with van der Waals surface area (Å²) in [6.07, 6.45) is 0.434. The Bertz CT molecular complexity index is 682. The molecule has 1 aromatic heterocycles. The van der Waals surface area contributed by atoms with E-state index in [9.17, 15) is 4.79 Å². The molecule has 7 heteroatoms. The molecule has 0 bridgehead atoms. The number of aryl methyl sites for hydroxylation is 1. The highest BCUT2D eigenvalue weighted by atomic mass is 35.5. The molecule has 1 aromatic carbocycles. The second kappa shape index (κ2) is 6.28. The van der Waals surface area contributed by atoms with Gasteiger partial charge in [0.05, 0.1) is 22.8 Å². The Morgan fingerprint density at radius 2 is 2.00 bits per heavy atom. The van der Waals surface area contributed by atoms with Crippen LogP contribution >= 0.6 is 23.2 Å². The first-order valence-corrected chi connectivity index (χ1v) is 6.83. The molecule has 0 unspecified atom stereocenters. The Morgan fingerprint density at radius 3 is 2.57 bits per heavy atom. The van der Waals surface area contributed by atoms with Crippen molar-refractivity contribution in [3.8, 4) is 0 Å². The topological polar surface area (TPSA) is 78.1 Å². The first kappa shape index (κ1) is 15.5. The third-order valence-corrected chi connectivity index (χ3v) is 3.64. The molecule has 0 aliphatic carbocycles. The van der Waals surface area contributed by atoms with Crippen molar-refractivity contribution >= 4 is 35.0 Å². The third-order valence-electron chi connectivity index (χ3n) is 2.90. The fraction of sp³-hybridized carbons (Fsp3) is 0.214. The van der Waals surface area contributed by atoms with Crippen molar-refractivity contribution in [1.29, 1.82) is 0 Å². The molecule has 0 amide bonds. The molecular formula is C14H13Cl2N3O2. The number of carbonyl (C=O) groups is 1. The minimum Gasteiger partial charge on any atom is -0.465 e. The summed E-state index contributed by atoms with van der Waals surface area (Å²) in [6.45, 7) is 1.68. The molecule has 0 radical (unpaired) electrons. The van der Waals surface area contributed by atoms with Crippen molar-refractivity contribution in [3.05, 3.63) is 50.9 Å². The molecule has 2 rings (SSSR count). The van der Waals surface area contributed by atoms with Gasteiger partial charge < -0.3 is 10.5 Å². The number of hydrogen-bond donors (Lipinski definition) is 1. The molecular weight excluding hydrogens is 313 g/mol. The van der Waals surface area contributed by atoms with E-state index in [4.69, 9.17) is 28.9 Å². The van der Waals surface area contributed by atoms with Crippen LogP contribution in [-0.2, 0) is 11.2 Å². The molecule has 110 valence electrons. The van der Waals surface area contributed by atoms with E-state index < -0.39 is 5.97 Å². The van der Waals surface area contributed by atoms with E-state index in [2.05, 4.69) is 14.7 Å². The Hall–Kier alpha value is -1.85. The number of rotatable bonds is 3. The predicted octanol–water partition coefficient (Wildman–Crippen LogP) is 3.05. The highest BCUT2D eigenvalue weighted by molar-refractivity contribution is 6.42. The summed E-state index contributed by atoms with van der Waals surface area (Å²) in [7, 11) is 1.28. The molecule has 0 saturated carbocycles. The van der Waals surface area contributed by atoms with Gasteiger partial charge in [0.25, 0.3) is 0 Å². The summed E-state index contributed by atoms with van der Waals surface area (Å²) in [6, 6.07) is 5.28. The minimum atomic E-state index is -0.550. The number of nitrogen functional groups attached to an aromatic ring is 1. The average molecular weight is 326 g/mol. The zero-order valence-corrected chi connectivity index (χ0v) is 13.0. The number of benzene rings is 1. The third kappa shape index (κ3) is 3.43. The molecule has 0 fully saturated rings. The number of ether oxygens (including phenoxy) is 1. The van der Waals surface area contributed by atoms with Gasteiger partial charge >= 0.3 is 5.97 Å². The molecule has 21 heavy (non-hydrogen) atoms. The van der Waals surface area contributed by atoms with Crippen LogP contribution in [0.3, 0.4) is 0 Å². The number of aromatic nitrogens is 2. The van der Waals surface area contributed by atoms with Crippen LogP contribution in [0.2, 0.25) is 10.0 Å². The quantitative estimate of drug-likeness (QED) is 0.877. The SMILES string of the molecule is COC(=O)c1c(C)nc(Cc2ccc(Cl)c(Cl)c2)nc1N. The highest BCUT2D eigenvalue weighted by Gasteiger charge is 2.17. The summed E-state index contributed by atoms with van der Waals surface area (Å²) in [4.78, 5) is 20.0. The van der Waals surface area contributed by atoms with E-state index >= 15 is 0 Å². The molecule has 0 aliphatic heterocycles. The van der Waals surface area contributed by atoms with E-state index in [1.807, 2.05) is 6.07 Å². The molecule has 0 saturated heterocycles. The van der Waals surface area contributed by atoms with Gasteiger partial charge in [0, 0.05) is 6.42 Å². The molecule has 0 atom stereocenters. The lowest BCUT2D eigenvalue weighted by atomic mass is 10.1. The van der Waals surface area contributed by atoms with Gasteiger partial charge in [0.1, 0.15) is 17.2 Å². The number of nitrogens with two attached hydrogens (primary N) is 1. The first-order valence-electron chi connectivity index (χ1n) is 6.07. The van der Waals surface area contributed by atoms with Crippen LogP contribution in [-0.4, -0.2) is 23.0 Å². The summed E-state index contributed by atoms with van der Waals surface area (Å²) >= 11 is 11.8. The van der Waals surface area contributed by atoms with Gasteiger partial charge in [-0.05, 0) is 24.6 Å². The van der Waals surface area contributed by atoms with Crippen LogP contribution in [0.15, 0.2) is 18.2 Å². The van der Waals surface area contributed by atoms with E-state index in [1.165, 1.54) is 7.11 Å². The van der Waals surface area contributed by atoms with Crippen LogP contribution in [0.1, 0.15) is 27.4 Å². The van der Waals surface area contributed by atoms with Crippen LogP contribution in [0.25, 0.3) is 0 Å². The molecule has 1 heterocycles. The smallest absolute Gasteiger partial charge is 0.343 e. The maximum atomic E-state index is 11.6. The lowest BCUT2D eigenvalue weighted by Crippen LogP contribution is -2.13. The number of esters is 1. The number of methoxy groups -OCH3 is 1. The molecule has 2 N–H and O–H groups in total. The second-order valence-corrected chi connectivity index (χ2v) is 5.22. The van der Waals surface area contributed by atoms with E-state index in [0.29, 0.717) is 28.0 Å². The molecule has 0 spiro atoms. The molecule has 2 aromatic rings. The fourth-order valence-corrected chi connectivity index (χ4v) is 2.24. The lowest BCUT2D eigenvalue weighted by Gasteiger charge is -2.09. The van der Waals surface area contributed by atoms with Crippen molar-refractivity contribution in [2.75, 3.05) is 12.8 Å². The number of anilines is 1. The van der Waals surface area contributed by atoms with Gasteiger partial charge in [-0.25, -0.2) is 14.8 Å². The van der Waals surface area contributed by atoms with Crippen molar-refractivity contribution in [1.82, 2.24) is 9.97 Å². The van der Waals surface area contributed by atoms with Gasteiger partial charge in [-0.2, -0.15) is 0 Å². The van der Waals surface area contributed by atoms with E-state index in [-0.39, 0.29) is 11.4 Å². The number of nitrogens with zero attached hydrogens (tertiary/aromatic N) is 2. The maximum Gasteiger partial charge on any atom is 0.343 e. The minimum absolute atomic E-state index is 0.101. The Balaban J connectivity index is 2.33. The average Bonchev–Trinajstić information content (AvgIpc) is 2.42. The zero-order chi connectivity index (χ0) is 15.6. The molecule has 5 nitrogen and oxygen atoms in total. The standard InChI is InChI=1S/C14H13Cl2N3O2/c1-7-12(14(20)21-2)13(17)19-11(18-7)6-8-3-4-9(15)10(16)5-8/h3-5H,6H2,1-2H3,(H2,17,18,19). The Labute approximate surface area is 132 Å². The summed E-state index contributed by atoms with van der Waals surface area (Å²) in [5.74, 6) is 0.0477. The van der Waals surface area contributed by atoms with Gasteiger partial charge in [-0.3, -0.25) is 0 Å². The summed E-state index contributed by atoms with van der Waals surface area (Å²) < 4.78 is 4.65. The van der Waals surface area contributed by atoms with Gasteiger partial charge in [-0.1, -0.05) is 29.3 Å². The van der Waals surface area contributed by atoms with E-state index in [1.54, 1.807) is 19.1 Å². The van der Waals surface area contributed by atoms with Crippen molar-refractivity contribution in [2.45, 2.75) is 13.3 Å². The zero-order valence-electron chi connectivity index (χ0n) is 11.5. The highest BCUT2D eigenvalue weighted by Crippen LogP contribution is 2.24. The van der Waals surface area contributed by atoms with Crippen LogP contribution in [0.4, 0.5) is 5.82 Å². The number of halogens is 2. The Morgan fingerprint density at radius 1 is 1.29 bits per heavy atom. The normalized spacial score (nSPS) is 10.5. The van der Waals surface area contributed by atoms with Crippen LogP contribution < -0.4 is 5.73 Å². The second-order valence-electron chi connectivity index (χ2n) is 4.40. The lowest BCUT2D eigenvalue weighted by molar-refractivity contribution is 0.0600. The predicted molar refractivity (Wildman–Crippen MR) is 81.8 cm³/mol. The van der Waals surface area contributed by atoms with E-state index in [0.717, 1.165) is 5.56 Å². The van der Waals surface area contributed by atoms with Crippen LogP contribution in [0, 0.1) is 6.92 Å². The van der Waals surface area contributed by atoms with Crippen molar-refractivity contribution < 1.29 is 9.53 Å².